The van der Waals surface area contributed by atoms with Crippen LogP contribution in [-0.2, 0) is 19.1 Å². The summed E-state index contributed by atoms with van der Waals surface area (Å²) in [6, 6.07) is 0. The van der Waals surface area contributed by atoms with Gasteiger partial charge < -0.3 is 14.8 Å². The lowest BCUT2D eigenvalue weighted by atomic mass is 10.2. The number of carbonyl (C=O) groups is 2. The molecule has 5 nitrogen and oxygen atoms in total. The van der Waals surface area contributed by atoms with Crippen molar-refractivity contribution in [3.63, 3.8) is 0 Å². The largest absolute Gasteiger partial charge is 0.469 e. The minimum absolute atomic E-state index is 0.00633. The summed E-state index contributed by atoms with van der Waals surface area (Å²) in [5, 5.41) is 2.66. The Morgan fingerprint density at radius 3 is 2.50 bits per heavy atom. The fourth-order valence-corrected chi connectivity index (χ4v) is 2.15. The predicted octanol–water partition coefficient (Wildman–Crippen LogP) is 1.07. The summed E-state index contributed by atoms with van der Waals surface area (Å²) >= 11 is 1.46. The van der Waals surface area contributed by atoms with E-state index in [1.165, 1.54) is 18.9 Å². The Balaban J connectivity index is 3.77. The standard InChI is InChI=1S/C12H23NO4S/c1-9(12(15)17-4)8-18-10(2)11(14)13-6-5-7-16-3/h9-10H,5-8H2,1-4H3,(H,13,14). The minimum atomic E-state index is -0.241. The first-order valence-electron chi connectivity index (χ1n) is 5.99. The van der Waals surface area contributed by atoms with Crippen molar-refractivity contribution in [1.29, 1.82) is 0 Å². The van der Waals surface area contributed by atoms with E-state index in [0.29, 0.717) is 18.9 Å². The smallest absolute Gasteiger partial charge is 0.309 e. The molecule has 0 aliphatic carbocycles. The molecule has 6 heteroatoms. The molecule has 106 valence electrons. The van der Waals surface area contributed by atoms with Crippen LogP contribution in [0.4, 0.5) is 0 Å². The van der Waals surface area contributed by atoms with Crippen LogP contribution in [0.5, 0.6) is 0 Å². The first-order chi connectivity index (χ1) is 8.52. The summed E-state index contributed by atoms with van der Waals surface area (Å²) in [7, 11) is 3.00. The summed E-state index contributed by atoms with van der Waals surface area (Å²) in [6.45, 7) is 4.88. The fraction of sp³-hybridized carbons (Fsp3) is 0.833. The SMILES string of the molecule is COCCCNC(=O)C(C)SCC(C)C(=O)OC. The lowest BCUT2D eigenvalue weighted by Crippen LogP contribution is -2.32. The second-order valence-corrected chi connectivity index (χ2v) is 5.41. The third kappa shape index (κ3) is 7.55. The van der Waals surface area contributed by atoms with Crippen molar-refractivity contribution in [3.8, 4) is 0 Å². The molecule has 0 saturated heterocycles. The molecule has 0 aliphatic heterocycles. The molecule has 0 saturated carbocycles. The van der Waals surface area contributed by atoms with Gasteiger partial charge in [0.15, 0.2) is 0 Å². The lowest BCUT2D eigenvalue weighted by Gasteiger charge is -2.14. The highest BCUT2D eigenvalue weighted by Crippen LogP contribution is 2.15. The molecule has 0 spiro atoms. The van der Waals surface area contributed by atoms with Crippen LogP contribution in [0.15, 0.2) is 0 Å². The number of nitrogens with one attached hydrogen (secondary N) is 1. The highest BCUT2D eigenvalue weighted by molar-refractivity contribution is 8.00. The molecule has 0 radical (unpaired) electrons. The van der Waals surface area contributed by atoms with Crippen molar-refractivity contribution >= 4 is 23.6 Å². The van der Waals surface area contributed by atoms with Crippen LogP contribution >= 0.6 is 11.8 Å². The van der Waals surface area contributed by atoms with Gasteiger partial charge in [0.2, 0.25) is 5.91 Å². The molecule has 0 heterocycles. The number of methoxy groups -OCH3 is 2. The Morgan fingerprint density at radius 1 is 1.28 bits per heavy atom. The van der Waals surface area contributed by atoms with E-state index in [1.807, 2.05) is 6.92 Å². The van der Waals surface area contributed by atoms with E-state index in [2.05, 4.69) is 10.1 Å². The van der Waals surface area contributed by atoms with Crippen molar-refractivity contribution in [2.24, 2.45) is 5.92 Å². The van der Waals surface area contributed by atoms with Crippen LogP contribution in [0.2, 0.25) is 0 Å². The van der Waals surface area contributed by atoms with E-state index in [9.17, 15) is 9.59 Å². The zero-order valence-corrected chi connectivity index (χ0v) is 12.3. The third-order valence-corrected chi connectivity index (χ3v) is 3.80. The van der Waals surface area contributed by atoms with Gasteiger partial charge in [-0.15, -0.1) is 11.8 Å². The van der Waals surface area contributed by atoms with E-state index in [-0.39, 0.29) is 23.0 Å². The average Bonchev–Trinajstić information content (AvgIpc) is 2.39. The summed E-state index contributed by atoms with van der Waals surface area (Å²) < 4.78 is 9.52. The van der Waals surface area contributed by atoms with Crippen molar-refractivity contribution < 1.29 is 19.1 Å². The normalized spacial score (nSPS) is 13.8. The number of hydrogen-bond acceptors (Lipinski definition) is 5. The van der Waals surface area contributed by atoms with Gasteiger partial charge in [-0.05, 0) is 13.3 Å². The lowest BCUT2D eigenvalue weighted by molar-refractivity contribution is -0.144. The molecule has 1 amide bonds. The Morgan fingerprint density at radius 2 is 1.94 bits per heavy atom. The molecule has 1 N–H and O–H groups in total. The molecule has 0 aliphatic rings. The van der Waals surface area contributed by atoms with Crippen molar-refractivity contribution in [2.75, 3.05) is 33.1 Å². The maximum absolute atomic E-state index is 11.7. The number of hydrogen-bond donors (Lipinski definition) is 1. The molecule has 0 rings (SSSR count). The minimum Gasteiger partial charge on any atom is -0.469 e. The van der Waals surface area contributed by atoms with Gasteiger partial charge in [0.05, 0.1) is 18.3 Å². The summed E-state index contributed by atoms with van der Waals surface area (Å²) in [5.41, 5.74) is 0. The molecular formula is C12H23NO4S. The molecule has 18 heavy (non-hydrogen) atoms. The zero-order chi connectivity index (χ0) is 14.0. The number of esters is 1. The molecule has 0 bridgehead atoms. The summed E-state index contributed by atoms with van der Waals surface area (Å²) in [5.74, 6) is 0.145. The summed E-state index contributed by atoms with van der Waals surface area (Å²) in [4.78, 5) is 22.9. The quantitative estimate of drug-likeness (QED) is 0.504. The predicted molar refractivity (Wildman–Crippen MR) is 72.6 cm³/mol. The Labute approximate surface area is 113 Å². The van der Waals surface area contributed by atoms with Gasteiger partial charge in [-0.25, -0.2) is 0 Å². The van der Waals surface area contributed by atoms with E-state index in [0.717, 1.165) is 6.42 Å². The van der Waals surface area contributed by atoms with E-state index in [1.54, 1.807) is 14.0 Å². The number of rotatable bonds is 9. The molecular weight excluding hydrogens is 254 g/mol. The molecule has 2 atom stereocenters. The maximum atomic E-state index is 11.7. The van der Waals surface area contributed by atoms with Gasteiger partial charge in [0.1, 0.15) is 0 Å². The Kier molecular flexibility index (Phi) is 9.77. The monoisotopic (exact) mass is 277 g/mol. The van der Waals surface area contributed by atoms with Gasteiger partial charge in [0, 0.05) is 26.0 Å². The second kappa shape index (κ2) is 10.2. The van der Waals surface area contributed by atoms with E-state index >= 15 is 0 Å². The highest BCUT2D eigenvalue weighted by Gasteiger charge is 2.18. The maximum Gasteiger partial charge on any atom is 0.309 e. The topological polar surface area (TPSA) is 64.6 Å². The molecule has 0 fully saturated rings. The van der Waals surface area contributed by atoms with Crippen LogP contribution in [-0.4, -0.2) is 50.3 Å². The Hall–Kier alpha value is -0.750. The van der Waals surface area contributed by atoms with Crippen molar-refractivity contribution in [2.45, 2.75) is 25.5 Å². The average molecular weight is 277 g/mol. The van der Waals surface area contributed by atoms with Gasteiger partial charge in [0.25, 0.3) is 0 Å². The fourth-order valence-electron chi connectivity index (χ4n) is 1.21. The van der Waals surface area contributed by atoms with Crippen LogP contribution in [0.3, 0.4) is 0 Å². The number of ether oxygens (including phenoxy) is 2. The zero-order valence-electron chi connectivity index (χ0n) is 11.5. The van der Waals surface area contributed by atoms with Gasteiger partial charge in [-0.2, -0.15) is 0 Å². The van der Waals surface area contributed by atoms with Gasteiger partial charge in [-0.1, -0.05) is 6.92 Å². The first kappa shape index (κ1) is 17.2. The van der Waals surface area contributed by atoms with Crippen LogP contribution in [0.1, 0.15) is 20.3 Å². The van der Waals surface area contributed by atoms with Crippen LogP contribution < -0.4 is 5.32 Å². The second-order valence-electron chi connectivity index (χ2n) is 4.04. The van der Waals surface area contributed by atoms with Crippen LogP contribution in [0.25, 0.3) is 0 Å². The van der Waals surface area contributed by atoms with E-state index < -0.39 is 0 Å². The Bertz CT molecular complexity index is 260. The molecule has 2 unspecified atom stereocenters. The highest BCUT2D eigenvalue weighted by atomic mass is 32.2. The number of amides is 1. The first-order valence-corrected chi connectivity index (χ1v) is 7.03. The molecule has 0 aromatic rings. The van der Waals surface area contributed by atoms with Gasteiger partial charge >= 0.3 is 5.97 Å². The number of thioether (sulfide) groups is 1. The van der Waals surface area contributed by atoms with Crippen LogP contribution in [0, 0.1) is 5.92 Å². The molecule has 0 aromatic carbocycles. The summed E-state index contributed by atoms with van der Waals surface area (Å²) in [6.07, 6.45) is 0.804. The van der Waals surface area contributed by atoms with Crippen molar-refractivity contribution in [1.82, 2.24) is 5.32 Å². The number of carbonyl (C=O) groups excluding carboxylic acids is 2. The van der Waals surface area contributed by atoms with Crippen molar-refractivity contribution in [3.05, 3.63) is 0 Å². The van der Waals surface area contributed by atoms with E-state index in [4.69, 9.17) is 4.74 Å². The van der Waals surface area contributed by atoms with Gasteiger partial charge in [-0.3, -0.25) is 9.59 Å². The third-order valence-electron chi connectivity index (χ3n) is 2.39. The molecule has 0 aromatic heterocycles.